The molecule has 2 heterocycles. The molecule has 1 fully saturated rings. The van der Waals surface area contributed by atoms with Crippen LogP contribution in [0.15, 0.2) is 16.7 Å². The minimum atomic E-state index is -0.176. The zero-order valence-corrected chi connectivity index (χ0v) is 11.3. The number of rotatable bonds is 3. The average Bonchev–Trinajstić information content (AvgIpc) is 2.94. The molecule has 2 rings (SSSR count). The zero-order valence-electron chi connectivity index (χ0n) is 11.3. The number of furan rings is 1. The van der Waals surface area contributed by atoms with Crippen molar-refractivity contribution in [3.63, 3.8) is 0 Å². The predicted octanol–water partition coefficient (Wildman–Crippen LogP) is 1.87. The molecule has 0 aliphatic carbocycles. The van der Waals surface area contributed by atoms with Crippen LogP contribution in [0.25, 0.3) is 0 Å². The highest BCUT2D eigenvalue weighted by molar-refractivity contribution is 5.95. The molecular weight excluding hydrogens is 246 g/mol. The van der Waals surface area contributed by atoms with E-state index in [9.17, 15) is 9.59 Å². The molecule has 1 amide bonds. The Kier molecular flexibility index (Phi) is 4.24. The first-order valence-electron chi connectivity index (χ1n) is 6.60. The smallest absolute Gasteiger partial charge is 0.308 e. The fraction of sp³-hybridized carbons (Fsp3) is 0.571. The number of methoxy groups -OCH3 is 1. The van der Waals surface area contributed by atoms with Crippen LogP contribution in [0, 0.1) is 5.92 Å². The molecule has 0 bridgehead atoms. The molecule has 1 saturated heterocycles. The van der Waals surface area contributed by atoms with Crippen LogP contribution >= 0.6 is 0 Å². The second-order valence-electron chi connectivity index (χ2n) is 4.70. The quantitative estimate of drug-likeness (QED) is 0.783. The van der Waals surface area contributed by atoms with Gasteiger partial charge in [0.05, 0.1) is 24.9 Å². The van der Waals surface area contributed by atoms with Gasteiger partial charge in [0, 0.05) is 19.5 Å². The van der Waals surface area contributed by atoms with Gasteiger partial charge < -0.3 is 14.1 Å². The minimum absolute atomic E-state index is 0.00563. The summed E-state index contributed by atoms with van der Waals surface area (Å²) in [5.74, 6) is 0.461. The maximum Gasteiger partial charge on any atom is 0.308 e. The lowest BCUT2D eigenvalue weighted by Gasteiger charge is -2.30. The van der Waals surface area contributed by atoms with Crippen molar-refractivity contribution in [2.45, 2.75) is 26.2 Å². The topological polar surface area (TPSA) is 59.8 Å². The lowest BCUT2D eigenvalue weighted by molar-refractivity contribution is -0.146. The Labute approximate surface area is 112 Å². The van der Waals surface area contributed by atoms with E-state index in [1.54, 1.807) is 17.2 Å². The van der Waals surface area contributed by atoms with Crippen molar-refractivity contribution >= 4 is 11.9 Å². The van der Waals surface area contributed by atoms with Crippen LogP contribution in [0.3, 0.4) is 0 Å². The molecule has 0 unspecified atom stereocenters. The number of carbonyl (C=O) groups excluding carboxylic acids is 2. The SMILES string of the molecule is CCc1occc1C(=O)N1CCC(C(=O)OC)CC1. The summed E-state index contributed by atoms with van der Waals surface area (Å²) in [6, 6.07) is 1.72. The first-order chi connectivity index (χ1) is 9.17. The Morgan fingerprint density at radius 1 is 1.42 bits per heavy atom. The Morgan fingerprint density at radius 3 is 2.68 bits per heavy atom. The zero-order chi connectivity index (χ0) is 13.8. The molecule has 1 aliphatic rings. The van der Waals surface area contributed by atoms with Crippen LogP contribution in [0.4, 0.5) is 0 Å². The minimum Gasteiger partial charge on any atom is -0.469 e. The van der Waals surface area contributed by atoms with E-state index in [-0.39, 0.29) is 17.8 Å². The van der Waals surface area contributed by atoms with Gasteiger partial charge in [-0.15, -0.1) is 0 Å². The monoisotopic (exact) mass is 265 g/mol. The first-order valence-corrected chi connectivity index (χ1v) is 6.60. The lowest BCUT2D eigenvalue weighted by atomic mass is 9.96. The first kappa shape index (κ1) is 13.6. The number of nitrogens with zero attached hydrogens (tertiary/aromatic N) is 1. The van der Waals surface area contributed by atoms with Crippen molar-refractivity contribution in [2.24, 2.45) is 5.92 Å². The number of piperidine rings is 1. The molecule has 0 N–H and O–H groups in total. The Morgan fingerprint density at radius 2 is 2.11 bits per heavy atom. The Balaban J connectivity index is 1.98. The number of amides is 1. The second kappa shape index (κ2) is 5.91. The fourth-order valence-corrected chi connectivity index (χ4v) is 2.46. The van der Waals surface area contributed by atoms with Gasteiger partial charge in [0.1, 0.15) is 5.76 Å². The summed E-state index contributed by atoms with van der Waals surface area (Å²) in [7, 11) is 1.40. The Bertz CT molecular complexity index is 458. The number of ether oxygens (including phenoxy) is 1. The summed E-state index contributed by atoms with van der Waals surface area (Å²) in [4.78, 5) is 25.5. The van der Waals surface area contributed by atoms with Crippen molar-refractivity contribution < 1.29 is 18.7 Å². The van der Waals surface area contributed by atoms with Gasteiger partial charge in [0.25, 0.3) is 5.91 Å². The molecule has 5 heteroatoms. The number of carbonyl (C=O) groups is 2. The van der Waals surface area contributed by atoms with Crippen molar-refractivity contribution in [1.29, 1.82) is 0 Å². The van der Waals surface area contributed by atoms with E-state index in [4.69, 9.17) is 9.15 Å². The third-order valence-electron chi connectivity index (χ3n) is 3.61. The van der Waals surface area contributed by atoms with Gasteiger partial charge >= 0.3 is 5.97 Å². The van der Waals surface area contributed by atoms with Gasteiger partial charge in [0.15, 0.2) is 0 Å². The van der Waals surface area contributed by atoms with E-state index >= 15 is 0 Å². The highest BCUT2D eigenvalue weighted by atomic mass is 16.5. The standard InChI is InChI=1S/C14H19NO4/c1-3-12-11(6-9-19-12)13(16)15-7-4-10(5-8-15)14(17)18-2/h6,9-10H,3-5,7-8H2,1-2H3. The molecule has 104 valence electrons. The summed E-state index contributed by atoms with van der Waals surface area (Å²) in [5.41, 5.74) is 0.638. The largest absolute Gasteiger partial charge is 0.469 e. The van der Waals surface area contributed by atoms with E-state index in [1.165, 1.54) is 7.11 Å². The van der Waals surface area contributed by atoms with Gasteiger partial charge in [-0.2, -0.15) is 0 Å². The summed E-state index contributed by atoms with van der Waals surface area (Å²) < 4.78 is 10.0. The van der Waals surface area contributed by atoms with E-state index in [1.807, 2.05) is 6.92 Å². The van der Waals surface area contributed by atoms with Gasteiger partial charge in [-0.05, 0) is 18.9 Å². The molecule has 0 spiro atoms. The number of hydrogen-bond donors (Lipinski definition) is 0. The summed E-state index contributed by atoms with van der Waals surface area (Å²) in [6.45, 7) is 3.14. The van der Waals surface area contributed by atoms with Crippen molar-refractivity contribution in [3.05, 3.63) is 23.7 Å². The Hall–Kier alpha value is -1.78. The normalized spacial score (nSPS) is 16.4. The average molecular weight is 265 g/mol. The van der Waals surface area contributed by atoms with Gasteiger partial charge in [-0.1, -0.05) is 6.92 Å². The molecule has 1 aliphatic heterocycles. The molecule has 5 nitrogen and oxygen atoms in total. The van der Waals surface area contributed by atoms with E-state index in [0.717, 1.165) is 5.76 Å². The summed E-state index contributed by atoms with van der Waals surface area (Å²) in [5, 5.41) is 0. The van der Waals surface area contributed by atoms with Gasteiger partial charge in [0.2, 0.25) is 0 Å². The molecule has 0 aromatic carbocycles. The summed E-state index contributed by atoms with van der Waals surface area (Å²) >= 11 is 0. The lowest BCUT2D eigenvalue weighted by Crippen LogP contribution is -2.40. The number of esters is 1. The molecule has 1 aromatic heterocycles. The van der Waals surface area contributed by atoms with Crippen LogP contribution in [-0.2, 0) is 16.0 Å². The van der Waals surface area contributed by atoms with E-state index < -0.39 is 0 Å². The highest BCUT2D eigenvalue weighted by Gasteiger charge is 2.29. The summed E-state index contributed by atoms with van der Waals surface area (Å²) in [6.07, 6.45) is 3.58. The number of likely N-dealkylation sites (tertiary alicyclic amines) is 1. The maximum absolute atomic E-state index is 12.3. The molecular formula is C14H19NO4. The molecule has 0 atom stereocenters. The van der Waals surface area contributed by atoms with E-state index in [0.29, 0.717) is 37.9 Å². The highest BCUT2D eigenvalue weighted by Crippen LogP contribution is 2.21. The van der Waals surface area contributed by atoms with Crippen LogP contribution in [0.5, 0.6) is 0 Å². The van der Waals surface area contributed by atoms with Crippen LogP contribution in [0.1, 0.15) is 35.9 Å². The van der Waals surface area contributed by atoms with Crippen LogP contribution < -0.4 is 0 Å². The van der Waals surface area contributed by atoms with Crippen LogP contribution in [-0.4, -0.2) is 37.0 Å². The third kappa shape index (κ3) is 2.80. The van der Waals surface area contributed by atoms with E-state index in [2.05, 4.69) is 0 Å². The van der Waals surface area contributed by atoms with Crippen LogP contribution in [0.2, 0.25) is 0 Å². The molecule has 1 aromatic rings. The number of hydrogen-bond acceptors (Lipinski definition) is 4. The van der Waals surface area contributed by atoms with Gasteiger partial charge in [-0.3, -0.25) is 9.59 Å². The van der Waals surface area contributed by atoms with Gasteiger partial charge in [-0.25, -0.2) is 0 Å². The van der Waals surface area contributed by atoms with Crippen molar-refractivity contribution in [3.8, 4) is 0 Å². The number of aryl methyl sites for hydroxylation is 1. The molecule has 0 saturated carbocycles. The second-order valence-corrected chi connectivity index (χ2v) is 4.70. The predicted molar refractivity (Wildman–Crippen MR) is 68.7 cm³/mol. The molecule has 0 radical (unpaired) electrons. The molecule has 19 heavy (non-hydrogen) atoms. The maximum atomic E-state index is 12.3. The van der Waals surface area contributed by atoms with Crippen molar-refractivity contribution in [1.82, 2.24) is 4.90 Å². The third-order valence-corrected chi connectivity index (χ3v) is 3.61. The van der Waals surface area contributed by atoms with Crippen molar-refractivity contribution in [2.75, 3.05) is 20.2 Å². The fourth-order valence-electron chi connectivity index (χ4n) is 2.46.